The van der Waals surface area contributed by atoms with E-state index in [1.807, 2.05) is 13.0 Å². The van der Waals surface area contributed by atoms with E-state index in [1.165, 1.54) is 12.1 Å². The van der Waals surface area contributed by atoms with E-state index >= 15 is 0 Å². The van der Waals surface area contributed by atoms with E-state index in [0.717, 1.165) is 5.56 Å². The minimum absolute atomic E-state index is 0.127. The van der Waals surface area contributed by atoms with Crippen molar-refractivity contribution >= 4 is 17.3 Å². The van der Waals surface area contributed by atoms with Crippen LogP contribution in [0.3, 0.4) is 0 Å². The van der Waals surface area contributed by atoms with Crippen LogP contribution < -0.4 is 10.1 Å². The molecule has 0 amide bonds. The van der Waals surface area contributed by atoms with Crippen molar-refractivity contribution in [3.8, 4) is 5.75 Å². The summed E-state index contributed by atoms with van der Waals surface area (Å²) < 4.78 is 18.7. The Bertz CT molecular complexity index is 586. The molecule has 0 heterocycles. The molecule has 0 fully saturated rings. The van der Waals surface area contributed by atoms with Gasteiger partial charge >= 0.3 is 0 Å². The summed E-state index contributed by atoms with van der Waals surface area (Å²) in [6.45, 7) is 2.21. The highest BCUT2D eigenvalue weighted by Crippen LogP contribution is 2.17. The number of ether oxygens (including phenoxy) is 1. The molecule has 0 spiro atoms. The van der Waals surface area contributed by atoms with E-state index in [4.69, 9.17) is 16.3 Å². The van der Waals surface area contributed by atoms with Crippen molar-refractivity contribution in [2.75, 3.05) is 18.5 Å². The summed E-state index contributed by atoms with van der Waals surface area (Å²) >= 11 is 5.84. The molecule has 1 atom stereocenters. The van der Waals surface area contributed by atoms with Crippen LogP contribution in [0.5, 0.6) is 5.75 Å². The van der Waals surface area contributed by atoms with Crippen molar-refractivity contribution in [3.05, 3.63) is 58.9 Å². The van der Waals surface area contributed by atoms with E-state index in [9.17, 15) is 9.50 Å². The Morgan fingerprint density at radius 2 is 2.10 bits per heavy atom. The number of aliphatic hydroxyl groups is 1. The van der Waals surface area contributed by atoms with Crippen LogP contribution >= 0.6 is 11.6 Å². The van der Waals surface area contributed by atoms with Crippen molar-refractivity contribution in [1.82, 2.24) is 0 Å². The average molecular weight is 310 g/mol. The van der Waals surface area contributed by atoms with Crippen LogP contribution in [0.2, 0.25) is 5.02 Å². The molecule has 2 aromatic rings. The van der Waals surface area contributed by atoms with Gasteiger partial charge in [-0.05, 0) is 48.9 Å². The predicted molar refractivity (Wildman–Crippen MR) is 82.6 cm³/mol. The number of hydrogen-bond donors (Lipinski definition) is 2. The molecule has 0 radical (unpaired) electrons. The Labute approximate surface area is 128 Å². The van der Waals surface area contributed by atoms with Gasteiger partial charge < -0.3 is 15.2 Å². The summed E-state index contributed by atoms with van der Waals surface area (Å²) in [4.78, 5) is 0. The average Bonchev–Trinajstić information content (AvgIpc) is 2.42. The van der Waals surface area contributed by atoms with Crippen LogP contribution in [0.1, 0.15) is 5.56 Å². The van der Waals surface area contributed by atoms with Gasteiger partial charge in [0.05, 0.1) is 0 Å². The third-order valence-electron chi connectivity index (χ3n) is 2.82. The van der Waals surface area contributed by atoms with Crippen LogP contribution in [0.25, 0.3) is 0 Å². The Hall–Kier alpha value is -1.78. The molecule has 0 aliphatic carbocycles. The number of anilines is 1. The number of aliphatic hydroxyl groups excluding tert-OH is 1. The van der Waals surface area contributed by atoms with Gasteiger partial charge in [-0.25, -0.2) is 4.39 Å². The van der Waals surface area contributed by atoms with Gasteiger partial charge in [-0.15, -0.1) is 0 Å². The van der Waals surface area contributed by atoms with E-state index in [0.29, 0.717) is 16.5 Å². The third kappa shape index (κ3) is 5.25. The highest BCUT2D eigenvalue weighted by Gasteiger charge is 2.06. The normalized spacial score (nSPS) is 12.0. The van der Waals surface area contributed by atoms with Crippen LogP contribution in [-0.2, 0) is 0 Å². The summed E-state index contributed by atoms with van der Waals surface area (Å²) in [5, 5.41) is 13.4. The summed E-state index contributed by atoms with van der Waals surface area (Å²) in [6.07, 6.45) is -0.715. The minimum atomic E-state index is -0.715. The van der Waals surface area contributed by atoms with Crippen molar-refractivity contribution in [2.24, 2.45) is 0 Å². The molecular weight excluding hydrogens is 293 g/mol. The number of halogens is 2. The van der Waals surface area contributed by atoms with Gasteiger partial charge in [-0.3, -0.25) is 0 Å². The molecule has 2 rings (SSSR count). The molecule has 0 bridgehead atoms. The number of nitrogens with one attached hydrogen (secondary N) is 1. The first-order chi connectivity index (χ1) is 10.0. The van der Waals surface area contributed by atoms with Crippen molar-refractivity contribution in [1.29, 1.82) is 0 Å². The molecular formula is C16H17ClFNO2. The number of hydrogen-bond acceptors (Lipinski definition) is 3. The lowest BCUT2D eigenvalue weighted by atomic mass is 10.2. The molecule has 0 saturated carbocycles. The molecule has 5 heteroatoms. The van der Waals surface area contributed by atoms with E-state index in [-0.39, 0.29) is 19.0 Å². The highest BCUT2D eigenvalue weighted by molar-refractivity contribution is 6.30. The minimum Gasteiger partial charge on any atom is -0.491 e. The Kier molecular flexibility index (Phi) is 5.42. The van der Waals surface area contributed by atoms with Crippen LogP contribution in [-0.4, -0.2) is 24.4 Å². The summed E-state index contributed by atoms with van der Waals surface area (Å²) in [6, 6.07) is 11.6. The predicted octanol–water partition coefficient (Wildman–Crippen LogP) is 3.64. The van der Waals surface area contributed by atoms with Crippen LogP contribution in [0.15, 0.2) is 42.5 Å². The number of benzene rings is 2. The smallest absolute Gasteiger partial charge is 0.125 e. The fraction of sp³-hybridized carbons (Fsp3) is 0.250. The van der Waals surface area contributed by atoms with Gasteiger partial charge in [0.1, 0.15) is 24.3 Å². The quantitative estimate of drug-likeness (QED) is 0.856. The molecule has 3 nitrogen and oxygen atoms in total. The number of aryl methyl sites for hydroxylation is 1. The Balaban J connectivity index is 1.80. The molecule has 0 saturated heterocycles. The van der Waals surface area contributed by atoms with Gasteiger partial charge in [0.2, 0.25) is 0 Å². The summed E-state index contributed by atoms with van der Waals surface area (Å²) in [5.41, 5.74) is 1.46. The van der Waals surface area contributed by atoms with E-state index in [1.54, 1.807) is 24.3 Å². The first-order valence-corrected chi connectivity index (χ1v) is 6.98. The highest BCUT2D eigenvalue weighted by atomic mass is 35.5. The number of rotatable bonds is 6. The van der Waals surface area contributed by atoms with Gasteiger partial charge in [0.25, 0.3) is 0 Å². The maximum Gasteiger partial charge on any atom is 0.125 e. The fourth-order valence-electron chi connectivity index (χ4n) is 1.88. The van der Waals surface area contributed by atoms with Gasteiger partial charge in [-0.1, -0.05) is 17.7 Å². The van der Waals surface area contributed by atoms with Crippen molar-refractivity contribution < 1.29 is 14.2 Å². The summed E-state index contributed by atoms with van der Waals surface area (Å²) in [5.74, 6) is 0.297. The van der Waals surface area contributed by atoms with Crippen LogP contribution in [0, 0.1) is 12.7 Å². The molecule has 0 aliphatic rings. The van der Waals surface area contributed by atoms with Crippen molar-refractivity contribution in [3.63, 3.8) is 0 Å². The van der Waals surface area contributed by atoms with E-state index < -0.39 is 6.10 Å². The molecule has 2 aromatic carbocycles. The van der Waals surface area contributed by atoms with Gasteiger partial charge in [0.15, 0.2) is 0 Å². The van der Waals surface area contributed by atoms with E-state index in [2.05, 4.69) is 5.32 Å². The van der Waals surface area contributed by atoms with Gasteiger partial charge in [-0.2, -0.15) is 0 Å². The standard InChI is InChI=1S/C16H17ClFNO2/c1-11-5-13(18)8-14(6-11)19-9-15(20)10-21-16-4-2-3-12(17)7-16/h2-8,15,19-20H,9-10H2,1H3. The Morgan fingerprint density at radius 3 is 2.81 bits per heavy atom. The molecule has 1 unspecified atom stereocenters. The molecule has 2 N–H and O–H groups in total. The maximum absolute atomic E-state index is 13.2. The van der Waals surface area contributed by atoms with Gasteiger partial charge in [0, 0.05) is 17.3 Å². The molecule has 0 aliphatic heterocycles. The fourth-order valence-corrected chi connectivity index (χ4v) is 2.06. The first kappa shape index (κ1) is 15.6. The zero-order valence-electron chi connectivity index (χ0n) is 11.6. The second-order valence-electron chi connectivity index (χ2n) is 4.82. The Morgan fingerprint density at radius 1 is 1.29 bits per heavy atom. The zero-order chi connectivity index (χ0) is 15.2. The zero-order valence-corrected chi connectivity index (χ0v) is 12.4. The summed E-state index contributed by atoms with van der Waals surface area (Å²) in [7, 11) is 0. The second-order valence-corrected chi connectivity index (χ2v) is 5.26. The monoisotopic (exact) mass is 309 g/mol. The lowest BCUT2D eigenvalue weighted by Gasteiger charge is -2.14. The van der Waals surface area contributed by atoms with Crippen LogP contribution in [0.4, 0.5) is 10.1 Å². The third-order valence-corrected chi connectivity index (χ3v) is 3.06. The molecule has 21 heavy (non-hydrogen) atoms. The lowest BCUT2D eigenvalue weighted by molar-refractivity contribution is 0.117. The topological polar surface area (TPSA) is 41.5 Å². The molecule has 112 valence electrons. The largest absolute Gasteiger partial charge is 0.491 e. The SMILES string of the molecule is Cc1cc(F)cc(NCC(O)COc2cccc(Cl)c2)c1. The maximum atomic E-state index is 13.2. The van der Waals surface area contributed by atoms with Crippen molar-refractivity contribution in [2.45, 2.75) is 13.0 Å². The lowest BCUT2D eigenvalue weighted by Crippen LogP contribution is -2.26. The molecule has 0 aromatic heterocycles. The first-order valence-electron chi connectivity index (χ1n) is 6.60. The second kappa shape index (κ2) is 7.29.